The summed E-state index contributed by atoms with van der Waals surface area (Å²) in [6, 6.07) is 9.62. The molecule has 1 N–H and O–H groups in total. The van der Waals surface area contributed by atoms with E-state index in [1.807, 2.05) is 0 Å². The van der Waals surface area contributed by atoms with Crippen LogP contribution < -0.4 is 5.32 Å². The smallest absolute Gasteiger partial charge is 0.0827 e. The Kier molecular flexibility index (Phi) is 4.52. The second-order valence-electron chi connectivity index (χ2n) is 5.89. The Morgan fingerprint density at radius 2 is 2.00 bits per heavy atom. The SMILES string of the molecule is c1ccc2c(c1)CCCC2OCCCCNC1CC1. The number of hydrogen-bond donors (Lipinski definition) is 1. The highest BCUT2D eigenvalue weighted by Crippen LogP contribution is 2.32. The van der Waals surface area contributed by atoms with Gasteiger partial charge in [-0.3, -0.25) is 0 Å². The molecule has 1 unspecified atom stereocenters. The van der Waals surface area contributed by atoms with Crippen LogP contribution in [0.3, 0.4) is 0 Å². The molecule has 0 saturated heterocycles. The number of fused-ring (bicyclic) bond motifs is 1. The number of rotatable bonds is 7. The largest absolute Gasteiger partial charge is 0.374 e. The van der Waals surface area contributed by atoms with Gasteiger partial charge >= 0.3 is 0 Å². The standard InChI is InChI=1S/C17H25NO/c1-2-8-16-14(6-1)7-5-9-17(16)19-13-4-3-12-18-15-10-11-15/h1-2,6,8,15,17-18H,3-5,7,9-13H2. The lowest BCUT2D eigenvalue weighted by molar-refractivity contribution is 0.0385. The van der Waals surface area contributed by atoms with Crippen molar-refractivity contribution in [3.05, 3.63) is 35.4 Å². The van der Waals surface area contributed by atoms with E-state index < -0.39 is 0 Å². The van der Waals surface area contributed by atoms with Gasteiger partial charge in [-0.1, -0.05) is 24.3 Å². The molecule has 3 rings (SSSR count). The van der Waals surface area contributed by atoms with Crippen LogP contribution in [0, 0.1) is 0 Å². The monoisotopic (exact) mass is 259 g/mol. The number of unbranched alkanes of at least 4 members (excludes halogenated alkanes) is 1. The van der Waals surface area contributed by atoms with E-state index in [4.69, 9.17) is 4.74 Å². The number of benzene rings is 1. The van der Waals surface area contributed by atoms with Crippen molar-refractivity contribution >= 4 is 0 Å². The molecule has 0 radical (unpaired) electrons. The van der Waals surface area contributed by atoms with Crippen LogP contribution >= 0.6 is 0 Å². The van der Waals surface area contributed by atoms with Crippen molar-refractivity contribution in [3.8, 4) is 0 Å². The molecule has 2 nitrogen and oxygen atoms in total. The van der Waals surface area contributed by atoms with E-state index in [0.717, 1.165) is 19.2 Å². The first-order chi connectivity index (χ1) is 9.43. The zero-order valence-electron chi connectivity index (χ0n) is 11.7. The van der Waals surface area contributed by atoms with Gasteiger partial charge < -0.3 is 10.1 Å². The molecule has 1 saturated carbocycles. The van der Waals surface area contributed by atoms with Crippen LogP contribution in [0.5, 0.6) is 0 Å². The van der Waals surface area contributed by atoms with Gasteiger partial charge in [0.1, 0.15) is 0 Å². The van der Waals surface area contributed by atoms with Gasteiger partial charge in [-0.15, -0.1) is 0 Å². The lowest BCUT2D eigenvalue weighted by Gasteiger charge is -2.25. The zero-order valence-corrected chi connectivity index (χ0v) is 11.7. The summed E-state index contributed by atoms with van der Waals surface area (Å²) in [5.41, 5.74) is 2.93. The number of aryl methyl sites for hydroxylation is 1. The van der Waals surface area contributed by atoms with E-state index in [-0.39, 0.29) is 0 Å². The Bertz CT molecular complexity index is 400. The predicted molar refractivity (Wildman–Crippen MR) is 78.3 cm³/mol. The predicted octanol–water partition coefficient (Wildman–Crippen LogP) is 3.61. The van der Waals surface area contributed by atoms with Gasteiger partial charge in [-0.2, -0.15) is 0 Å². The molecule has 0 heterocycles. The number of ether oxygens (including phenoxy) is 1. The maximum Gasteiger partial charge on any atom is 0.0827 e. The second kappa shape index (κ2) is 6.53. The molecule has 1 atom stereocenters. The summed E-state index contributed by atoms with van der Waals surface area (Å²) in [6.45, 7) is 2.07. The third-order valence-corrected chi connectivity index (χ3v) is 4.21. The Hall–Kier alpha value is -0.860. The van der Waals surface area contributed by atoms with Gasteiger partial charge in [0.15, 0.2) is 0 Å². The van der Waals surface area contributed by atoms with Crippen LogP contribution in [0.2, 0.25) is 0 Å². The molecule has 104 valence electrons. The fourth-order valence-corrected chi connectivity index (χ4v) is 2.93. The fraction of sp³-hybridized carbons (Fsp3) is 0.647. The molecule has 2 aliphatic rings. The van der Waals surface area contributed by atoms with Crippen LogP contribution in [-0.4, -0.2) is 19.2 Å². The molecule has 19 heavy (non-hydrogen) atoms. The van der Waals surface area contributed by atoms with Crippen molar-refractivity contribution in [3.63, 3.8) is 0 Å². The molecule has 1 aromatic rings. The first kappa shape index (κ1) is 13.1. The van der Waals surface area contributed by atoms with Crippen molar-refractivity contribution in [1.82, 2.24) is 5.32 Å². The van der Waals surface area contributed by atoms with Crippen LogP contribution in [0.15, 0.2) is 24.3 Å². The van der Waals surface area contributed by atoms with Gasteiger partial charge in [-0.05, 0) is 62.6 Å². The molecule has 0 aliphatic heterocycles. The summed E-state index contributed by atoms with van der Waals surface area (Å²) in [4.78, 5) is 0. The second-order valence-corrected chi connectivity index (χ2v) is 5.89. The van der Waals surface area contributed by atoms with E-state index in [2.05, 4.69) is 29.6 Å². The third kappa shape index (κ3) is 3.80. The van der Waals surface area contributed by atoms with E-state index in [0.29, 0.717) is 6.10 Å². The lowest BCUT2D eigenvalue weighted by atomic mass is 9.89. The van der Waals surface area contributed by atoms with E-state index in [1.54, 1.807) is 0 Å². The Labute approximate surface area is 116 Å². The van der Waals surface area contributed by atoms with Crippen LogP contribution in [0.1, 0.15) is 55.8 Å². The van der Waals surface area contributed by atoms with Crippen LogP contribution in [0.25, 0.3) is 0 Å². The Balaban J connectivity index is 1.38. The normalized spacial score (nSPS) is 22.2. The molecule has 1 aromatic carbocycles. The van der Waals surface area contributed by atoms with Crippen molar-refractivity contribution < 1.29 is 4.74 Å². The van der Waals surface area contributed by atoms with Gasteiger partial charge in [0.2, 0.25) is 0 Å². The Morgan fingerprint density at radius 3 is 2.89 bits per heavy atom. The van der Waals surface area contributed by atoms with Gasteiger partial charge in [0.05, 0.1) is 6.10 Å². The molecule has 0 amide bonds. The fourth-order valence-electron chi connectivity index (χ4n) is 2.93. The minimum atomic E-state index is 0.348. The first-order valence-electron chi connectivity index (χ1n) is 7.86. The summed E-state index contributed by atoms with van der Waals surface area (Å²) >= 11 is 0. The Morgan fingerprint density at radius 1 is 1.11 bits per heavy atom. The van der Waals surface area contributed by atoms with Crippen LogP contribution in [-0.2, 0) is 11.2 Å². The van der Waals surface area contributed by atoms with Gasteiger partial charge in [0, 0.05) is 12.6 Å². The van der Waals surface area contributed by atoms with Gasteiger partial charge in [0.25, 0.3) is 0 Å². The third-order valence-electron chi connectivity index (χ3n) is 4.21. The average Bonchev–Trinajstić information content (AvgIpc) is 3.27. The molecule has 2 aliphatic carbocycles. The van der Waals surface area contributed by atoms with Crippen molar-refractivity contribution in [1.29, 1.82) is 0 Å². The molecule has 0 aromatic heterocycles. The summed E-state index contributed by atoms with van der Waals surface area (Å²) in [7, 11) is 0. The number of nitrogens with one attached hydrogen (secondary N) is 1. The van der Waals surface area contributed by atoms with Gasteiger partial charge in [-0.25, -0.2) is 0 Å². The van der Waals surface area contributed by atoms with Crippen molar-refractivity contribution in [2.45, 2.75) is 57.1 Å². The highest BCUT2D eigenvalue weighted by atomic mass is 16.5. The van der Waals surface area contributed by atoms with E-state index in [1.165, 1.54) is 56.1 Å². The molecular weight excluding hydrogens is 234 g/mol. The topological polar surface area (TPSA) is 21.3 Å². The maximum absolute atomic E-state index is 6.10. The van der Waals surface area contributed by atoms with Crippen molar-refractivity contribution in [2.24, 2.45) is 0 Å². The molecule has 1 fully saturated rings. The lowest BCUT2D eigenvalue weighted by Crippen LogP contribution is -2.18. The zero-order chi connectivity index (χ0) is 12.9. The average molecular weight is 259 g/mol. The minimum Gasteiger partial charge on any atom is -0.374 e. The summed E-state index contributed by atoms with van der Waals surface area (Å²) < 4.78 is 6.10. The summed E-state index contributed by atoms with van der Waals surface area (Å²) in [5, 5.41) is 3.56. The highest BCUT2D eigenvalue weighted by Gasteiger charge is 2.20. The molecular formula is C17H25NO. The highest BCUT2D eigenvalue weighted by molar-refractivity contribution is 5.31. The first-order valence-corrected chi connectivity index (χ1v) is 7.86. The van der Waals surface area contributed by atoms with E-state index in [9.17, 15) is 0 Å². The summed E-state index contributed by atoms with van der Waals surface area (Å²) in [5.74, 6) is 0. The molecule has 0 bridgehead atoms. The maximum atomic E-state index is 6.10. The molecule has 2 heteroatoms. The van der Waals surface area contributed by atoms with E-state index >= 15 is 0 Å². The quantitative estimate of drug-likeness (QED) is 0.755. The molecule has 0 spiro atoms. The summed E-state index contributed by atoms with van der Waals surface area (Å²) in [6.07, 6.45) is 9.22. The number of hydrogen-bond acceptors (Lipinski definition) is 2. The van der Waals surface area contributed by atoms with Crippen LogP contribution in [0.4, 0.5) is 0 Å². The minimum absolute atomic E-state index is 0.348. The van der Waals surface area contributed by atoms with Crippen molar-refractivity contribution in [2.75, 3.05) is 13.2 Å².